The van der Waals surface area contributed by atoms with Gasteiger partial charge in [-0.1, -0.05) is 20.3 Å². The van der Waals surface area contributed by atoms with Gasteiger partial charge in [0, 0.05) is 93.6 Å². The Morgan fingerprint density at radius 3 is 2.11 bits per heavy atom. The van der Waals surface area contributed by atoms with Crippen molar-refractivity contribution in [3.05, 3.63) is 0 Å². The quantitative estimate of drug-likeness (QED) is 0.0460. The van der Waals surface area contributed by atoms with E-state index in [-0.39, 0.29) is 59.6 Å². The molecule has 0 aromatic rings. The molecule has 15 heteroatoms. The Kier molecular flexibility index (Phi) is 19.7. The fourth-order valence-corrected chi connectivity index (χ4v) is 7.46. The first-order valence-electron chi connectivity index (χ1n) is 17.5. The summed E-state index contributed by atoms with van der Waals surface area (Å²) >= 11 is 1.89. The van der Waals surface area contributed by atoms with E-state index in [9.17, 15) is 24.0 Å². The summed E-state index contributed by atoms with van der Waals surface area (Å²) < 4.78 is 0. The van der Waals surface area contributed by atoms with E-state index in [0.717, 1.165) is 25.0 Å². The maximum atomic E-state index is 13.1. The van der Waals surface area contributed by atoms with Gasteiger partial charge in [-0.25, -0.2) is 4.79 Å². The van der Waals surface area contributed by atoms with Gasteiger partial charge in [0.05, 0.1) is 12.1 Å². The number of fused-ring (bicyclic) bond motifs is 1. The number of nitrogens with two attached hydrogens (primary N) is 1. The highest BCUT2D eigenvalue weighted by atomic mass is 32.2. The van der Waals surface area contributed by atoms with Crippen molar-refractivity contribution in [3.8, 4) is 0 Å². The van der Waals surface area contributed by atoms with E-state index < -0.39 is 5.92 Å². The van der Waals surface area contributed by atoms with E-state index in [1.165, 1.54) is 0 Å². The largest absolute Gasteiger partial charge is 0.355 e. The number of rotatable bonds is 25. The van der Waals surface area contributed by atoms with Gasteiger partial charge in [-0.3, -0.25) is 19.2 Å². The van der Waals surface area contributed by atoms with Crippen molar-refractivity contribution in [3.63, 3.8) is 0 Å². The lowest BCUT2D eigenvalue weighted by Crippen LogP contribution is -2.42. The van der Waals surface area contributed by atoms with Gasteiger partial charge in [-0.2, -0.15) is 11.8 Å². The third-order valence-corrected chi connectivity index (χ3v) is 10.1. The van der Waals surface area contributed by atoms with Gasteiger partial charge in [0.2, 0.25) is 23.6 Å². The van der Waals surface area contributed by atoms with Gasteiger partial charge in [-0.15, -0.1) is 0 Å². The first kappa shape index (κ1) is 40.6. The van der Waals surface area contributed by atoms with Gasteiger partial charge in [0.1, 0.15) is 0 Å². The Morgan fingerprint density at radius 2 is 1.47 bits per heavy atom. The highest BCUT2D eigenvalue weighted by molar-refractivity contribution is 8.00. The highest BCUT2D eigenvalue weighted by Gasteiger charge is 2.42. The third-order valence-electron chi connectivity index (χ3n) is 8.55. The van der Waals surface area contributed by atoms with Crippen LogP contribution in [0.5, 0.6) is 0 Å². The molecule has 0 spiro atoms. The van der Waals surface area contributed by atoms with Crippen molar-refractivity contribution in [1.29, 1.82) is 0 Å². The molecule has 47 heavy (non-hydrogen) atoms. The average Bonchev–Trinajstić information content (AvgIpc) is 3.58. The van der Waals surface area contributed by atoms with E-state index in [2.05, 4.69) is 42.5 Å². The summed E-state index contributed by atoms with van der Waals surface area (Å²) in [4.78, 5) is 62.5. The zero-order valence-corrected chi connectivity index (χ0v) is 29.7. The predicted octanol–water partition coefficient (Wildman–Crippen LogP) is -0.218. The third kappa shape index (κ3) is 15.9. The second-order valence-corrected chi connectivity index (χ2v) is 14.2. The Labute approximate surface area is 285 Å². The molecule has 0 aliphatic carbocycles. The molecule has 6 amide bonds. The number of unbranched alkanes of at least 4 members (excludes halogenated alkanes) is 1. The molecule has 14 nitrogen and oxygen atoms in total. The summed E-state index contributed by atoms with van der Waals surface area (Å²) in [6.45, 7) is 11.8. The van der Waals surface area contributed by atoms with Crippen molar-refractivity contribution in [2.45, 2.75) is 96.0 Å². The molecule has 0 aromatic heterocycles. The van der Waals surface area contributed by atoms with Crippen LogP contribution in [-0.4, -0.2) is 111 Å². The topological polar surface area (TPSA) is 208 Å². The van der Waals surface area contributed by atoms with Crippen LogP contribution in [0, 0.1) is 17.8 Å². The summed E-state index contributed by atoms with van der Waals surface area (Å²) in [6.07, 6.45) is 4.53. The SMILES string of the molecule is CCC(CC(CC(C)C(=O)NC(C)C)C(=O)NCCNCCN)C(=O)NCCNCCNC(=O)CCCCC1SC[C@H]2NC(=O)N[C@@H]12. The van der Waals surface area contributed by atoms with Gasteiger partial charge in [0.25, 0.3) is 0 Å². The van der Waals surface area contributed by atoms with Gasteiger partial charge in [0.15, 0.2) is 0 Å². The molecule has 10 N–H and O–H groups in total. The van der Waals surface area contributed by atoms with Crippen LogP contribution in [-0.2, 0) is 19.2 Å². The standard InChI is InChI=1S/C32H61N9O5S/c1-5-23(19-24(18-22(4)29(43)39-21(2)3)31(45)38-16-13-34-11-10-33)30(44)37-17-14-35-12-15-36-27(42)9-7-6-8-26-28-25(20-47-26)40-32(46)41-28/h21-26,28,34-35H,5-20,33H2,1-4H3,(H,36,42)(H,37,44)(H,38,45)(H,39,43)(H2,40,41,46)/t22?,23?,24?,25-,26?,28-/m1/s1. The van der Waals surface area contributed by atoms with Crippen LogP contribution in [0.15, 0.2) is 0 Å². The molecular weight excluding hydrogens is 622 g/mol. The Bertz CT molecular complexity index is 989. The predicted molar refractivity (Wildman–Crippen MR) is 187 cm³/mol. The molecule has 2 saturated heterocycles. The molecule has 270 valence electrons. The lowest BCUT2D eigenvalue weighted by atomic mass is 9.85. The number of amides is 6. The minimum atomic E-state index is -0.476. The maximum absolute atomic E-state index is 13.1. The smallest absolute Gasteiger partial charge is 0.315 e. The molecule has 2 aliphatic heterocycles. The number of hydrogen-bond acceptors (Lipinski definition) is 9. The summed E-state index contributed by atoms with van der Waals surface area (Å²) in [5.74, 6) is -0.591. The minimum Gasteiger partial charge on any atom is -0.355 e. The molecular formula is C32H61N9O5S. The van der Waals surface area contributed by atoms with Crippen LogP contribution in [0.25, 0.3) is 0 Å². The van der Waals surface area contributed by atoms with E-state index in [1.807, 2.05) is 39.5 Å². The molecule has 2 fully saturated rings. The molecule has 2 heterocycles. The second kappa shape index (κ2) is 22.9. The highest BCUT2D eigenvalue weighted by Crippen LogP contribution is 2.33. The number of urea groups is 1. The summed E-state index contributed by atoms with van der Waals surface area (Å²) in [5.41, 5.74) is 5.50. The average molecular weight is 684 g/mol. The van der Waals surface area contributed by atoms with Crippen molar-refractivity contribution in [1.82, 2.24) is 42.5 Å². The number of carbonyl (C=O) groups is 5. The maximum Gasteiger partial charge on any atom is 0.315 e. The molecule has 0 aromatic carbocycles. The van der Waals surface area contributed by atoms with Gasteiger partial charge < -0.3 is 48.3 Å². The Hall–Kier alpha value is -2.62. The van der Waals surface area contributed by atoms with Gasteiger partial charge >= 0.3 is 6.03 Å². The summed E-state index contributed by atoms with van der Waals surface area (Å²) in [7, 11) is 0. The Morgan fingerprint density at radius 1 is 0.830 bits per heavy atom. The molecule has 0 saturated carbocycles. The number of carbonyl (C=O) groups excluding carboxylic acids is 5. The van der Waals surface area contributed by atoms with Crippen LogP contribution in [0.2, 0.25) is 0 Å². The first-order chi connectivity index (χ1) is 22.5. The molecule has 0 bridgehead atoms. The van der Waals surface area contributed by atoms with Crippen LogP contribution in [0.4, 0.5) is 4.79 Å². The van der Waals surface area contributed by atoms with E-state index >= 15 is 0 Å². The van der Waals surface area contributed by atoms with Gasteiger partial charge in [-0.05, 0) is 46.0 Å². The van der Waals surface area contributed by atoms with E-state index in [1.54, 1.807) is 0 Å². The lowest BCUT2D eigenvalue weighted by molar-refractivity contribution is -0.130. The summed E-state index contributed by atoms with van der Waals surface area (Å²) in [5, 5.41) is 24.5. The first-order valence-corrected chi connectivity index (χ1v) is 18.5. The number of thioether (sulfide) groups is 1. The Balaban J connectivity index is 1.64. The molecule has 2 rings (SSSR count). The number of nitrogens with one attached hydrogen (secondary N) is 8. The minimum absolute atomic E-state index is 0.00649. The fourth-order valence-electron chi connectivity index (χ4n) is 5.92. The zero-order valence-electron chi connectivity index (χ0n) is 28.9. The summed E-state index contributed by atoms with van der Waals surface area (Å²) in [6, 6.07) is 0.359. The van der Waals surface area contributed by atoms with Crippen LogP contribution < -0.4 is 48.3 Å². The molecule has 2 aliphatic rings. The van der Waals surface area contributed by atoms with Crippen molar-refractivity contribution >= 4 is 41.4 Å². The van der Waals surface area contributed by atoms with Crippen molar-refractivity contribution in [2.24, 2.45) is 23.5 Å². The lowest BCUT2D eigenvalue weighted by Gasteiger charge is -2.25. The molecule has 0 radical (unpaired) electrons. The van der Waals surface area contributed by atoms with Crippen molar-refractivity contribution in [2.75, 3.05) is 58.1 Å². The fraction of sp³-hybridized carbons (Fsp3) is 0.844. The second-order valence-electron chi connectivity index (χ2n) is 12.9. The normalized spacial score (nSPS) is 20.5. The van der Waals surface area contributed by atoms with E-state index in [4.69, 9.17) is 5.73 Å². The van der Waals surface area contributed by atoms with Crippen LogP contribution in [0.3, 0.4) is 0 Å². The van der Waals surface area contributed by atoms with Crippen molar-refractivity contribution < 1.29 is 24.0 Å². The number of hydrogen-bond donors (Lipinski definition) is 9. The van der Waals surface area contributed by atoms with E-state index in [0.29, 0.717) is 83.3 Å². The van der Waals surface area contributed by atoms with Crippen LogP contribution in [0.1, 0.15) is 72.6 Å². The van der Waals surface area contributed by atoms with Crippen LogP contribution >= 0.6 is 11.8 Å². The zero-order chi connectivity index (χ0) is 34.6. The monoisotopic (exact) mass is 683 g/mol. The molecule has 6 atom stereocenters. The molecule has 4 unspecified atom stereocenters.